The summed E-state index contributed by atoms with van der Waals surface area (Å²) >= 11 is 0. The number of aromatic nitrogens is 2. The summed E-state index contributed by atoms with van der Waals surface area (Å²) in [5, 5.41) is 7.69. The maximum Gasteiger partial charge on any atom is 0.244 e. The summed E-state index contributed by atoms with van der Waals surface area (Å²) in [5.41, 5.74) is 5.54. The van der Waals surface area contributed by atoms with Gasteiger partial charge in [-0.3, -0.25) is 9.48 Å². The summed E-state index contributed by atoms with van der Waals surface area (Å²) in [5.74, 6) is 0.641. The van der Waals surface area contributed by atoms with E-state index in [4.69, 9.17) is 0 Å². The van der Waals surface area contributed by atoms with Crippen LogP contribution in [0.1, 0.15) is 47.8 Å². The van der Waals surface area contributed by atoms with Crippen LogP contribution < -0.4 is 5.32 Å². The van der Waals surface area contributed by atoms with Crippen LogP contribution in [0.25, 0.3) is 6.08 Å². The summed E-state index contributed by atoms with van der Waals surface area (Å²) in [4.78, 5) is 12.1. The molecule has 2 aromatic rings. The van der Waals surface area contributed by atoms with Crippen molar-refractivity contribution in [1.82, 2.24) is 15.1 Å². The second-order valence-electron chi connectivity index (χ2n) is 7.20. The normalized spacial score (nSPS) is 15.5. The highest BCUT2D eigenvalue weighted by Gasteiger charge is 2.28. The molecule has 1 aromatic carbocycles. The van der Waals surface area contributed by atoms with Crippen molar-refractivity contribution in [3.63, 3.8) is 0 Å². The number of benzene rings is 1. The van der Waals surface area contributed by atoms with Crippen LogP contribution in [0.5, 0.6) is 0 Å². The van der Waals surface area contributed by atoms with Gasteiger partial charge < -0.3 is 5.32 Å². The number of hydrogen-bond acceptors (Lipinski definition) is 2. The lowest BCUT2D eigenvalue weighted by Crippen LogP contribution is -2.32. The Morgan fingerprint density at radius 2 is 1.96 bits per heavy atom. The largest absolute Gasteiger partial charge is 0.350 e. The zero-order valence-electron chi connectivity index (χ0n) is 15.5. The first-order chi connectivity index (χ1) is 11.9. The van der Waals surface area contributed by atoms with Crippen molar-refractivity contribution < 1.29 is 4.79 Å². The number of hydrogen-bond donors (Lipinski definition) is 1. The Bertz CT molecular complexity index is 782. The van der Waals surface area contributed by atoms with E-state index < -0.39 is 0 Å². The molecule has 3 rings (SSSR count). The Labute approximate surface area is 149 Å². The number of carbonyl (C=O) groups is 1. The number of carbonyl (C=O) groups excluding carboxylic acids is 1. The molecule has 0 aliphatic heterocycles. The molecular formula is C21H27N3O. The van der Waals surface area contributed by atoms with E-state index in [0.29, 0.717) is 5.92 Å². The van der Waals surface area contributed by atoms with E-state index >= 15 is 0 Å². The standard InChI is InChI=1S/C21H27N3O/c1-14-5-7-18(8-6-14)13-24-17(4)20(16(3)23-24)11-12-21(25)22-15(2)19-9-10-19/h5-8,11-12,15,19H,9-10,13H2,1-4H3,(H,22,25)/b12-11+. The van der Waals surface area contributed by atoms with Crippen LogP contribution in [0.3, 0.4) is 0 Å². The van der Waals surface area contributed by atoms with Gasteiger partial charge in [0.1, 0.15) is 0 Å². The van der Waals surface area contributed by atoms with E-state index in [2.05, 4.69) is 55.5 Å². The smallest absolute Gasteiger partial charge is 0.244 e. The molecule has 132 valence electrons. The molecule has 1 fully saturated rings. The minimum atomic E-state index is -0.0236. The summed E-state index contributed by atoms with van der Waals surface area (Å²) in [6, 6.07) is 8.77. The second kappa shape index (κ2) is 7.26. The number of amides is 1. The quantitative estimate of drug-likeness (QED) is 0.815. The SMILES string of the molecule is Cc1ccc(Cn2nc(C)c(/C=C/C(=O)NC(C)C3CC3)c2C)cc1. The second-order valence-corrected chi connectivity index (χ2v) is 7.20. The van der Waals surface area contributed by atoms with Gasteiger partial charge in [0.2, 0.25) is 5.91 Å². The van der Waals surface area contributed by atoms with Crippen molar-refractivity contribution in [3.05, 3.63) is 58.4 Å². The molecule has 4 nitrogen and oxygen atoms in total. The predicted octanol–water partition coefficient (Wildman–Crippen LogP) is 3.78. The van der Waals surface area contributed by atoms with Crippen molar-refractivity contribution in [2.45, 2.75) is 53.1 Å². The van der Waals surface area contributed by atoms with Crippen LogP contribution in [0.4, 0.5) is 0 Å². The Morgan fingerprint density at radius 1 is 1.28 bits per heavy atom. The highest BCUT2D eigenvalue weighted by Crippen LogP contribution is 2.32. The van der Waals surface area contributed by atoms with Crippen LogP contribution in [-0.4, -0.2) is 21.7 Å². The van der Waals surface area contributed by atoms with Gasteiger partial charge in [0.15, 0.2) is 0 Å². The fourth-order valence-corrected chi connectivity index (χ4v) is 3.12. The third kappa shape index (κ3) is 4.38. The fraction of sp³-hybridized carbons (Fsp3) is 0.429. The van der Waals surface area contributed by atoms with Crippen LogP contribution in [0.15, 0.2) is 30.3 Å². The molecule has 1 aliphatic rings. The van der Waals surface area contributed by atoms with Crippen molar-refractivity contribution in [2.24, 2.45) is 5.92 Å². The Morgan fingerprint density at radius 3 is 2.60 bits per heavy atom. The molecule has 1 heterocycles. The maximum atomic E-state index is 12.1. The zero-order chi connectivity index (χ0) is 18.0. The van der Waals surface area contributed by atoms with Crippen LogP contribution in [-0.2, 0) is 11.3 Å². The molecule has 1 aliphatic carbocycles. The summed E-state index contributed by atoms with van der Waals surface area (Å²) in [7, 11) is 0. The van der Waals surface area contributed by atoms with Gasteiger partial charge in [0, 0.05) is 23.4 Å². The van der Waals surface area contributed by atoms with Gasteiger partial charge in [-0.15, -0.1) is 0 Å². The first-order valence-corrected chi connectivity index (χ1v) is 9.02. The first-order valence-electron chi connectivity index (χ1n) is 9.02. The Hall–Kier alpha value is -2.36. The van der Waals surface area contributed by atoms with Gasteiger partial charge in [-0.05, 0) is 58.1 Å². The van der Waals surface area contributed by atoms with Gasteiger partial charge in [-0.1, -0.05) is 29.8 Å². The van der Waals surface area contributed by atoms with E-state index in [-0.39, 0.29) is 11.9 Å². The highest BCUT2D eigenvalue weighted by molar-refractivity contribution is 5.92. The minimum Gasteiger partial charge on any atom is -0.350 e. The average Bonchev–Trinajstić information content (AvgIpc) is 3.37. The number of nitrogens with zero attached hydrogens (tertiary/aromatic N) is 2. The van der Waals surface area contributed by atoms with Gasteiger partial charge in [-0.25, -0.2) is 0 Å². The zero-order valence-corrected chi connectivity index (χ0v) is 15.5. The number of rotatable bonds is 6. The lowest BCUT2D eigenvalue weighted by atomic mass is 10.1. The van der Waals surface area contributed by atoms with E-state index in [9.17, 15) is 4.79 Å². The van der Waals surface area contributed by atoms with E-state index in [1.54, 1.807) is 6.08 Å². The summed E-state index contributed by atoms with van der Waals surface area (Å²) < 4.78 is 2.00. The Balaban J connectivity index is 1.69. The molecule has 1 saturated carbocycles. The topological polar surface area (TPSA) is 46.9 Å². The molecule has 1 amide bonds. The predicted molar refractivity (Wildman–Crippen MR) is 101 cm³/mol. The molecule has 1 unspecified atom stereocenters. The molecule has 0 radical (unpaired) electrons. The minimum absolute atomic E-state index is 0.0236. The van der Waals surface area contributed by atoms with Crippen molar-refractivity contribution in [1.29, 1.82) is 0 Å². The number of aryl methyl sites for hydroxylation is 2. The summed E-state index contributed by atoms with van der Waals surface area (Å²) in [6.45, 7) is 8.96. The van der Waals surface area contributed by atoms with Gasteiger partial charge >= 0.3 is 0 Å². The molecule has 0 bridgehead atoms. The third-order valence-electron chi connectivity index (χ3n) is 4.99. The number of nitrogens with one attached hydrogen (secondary N) is 1. The molecule has 0 spiro atoms. The van der Waals surface area contributed by atoms with Crippen molar-refractivity contribution >= 4 is 12.0 Å². The molecule has 1 aromatic heterocycles. The molecule has 1 N–H and O–H groups in total. The molecule has 25 heavy (non-hydrogen) atoms. The van der Waals surface area contributed by atoms with Crippen molar-refractivity contribution in [2.75, 3.05) is 0 Å². The van der Waals surface area contributed by atoms with Gasteiger partial charge in [0.05, 0.1) is 12.2 Å². The van der Waals surface area contributed by atoms with Gasteiger partial charge in [0.25, 0.3) is 0 Å². The lowest BCUT2D eigenvalue weighted by molar-refractivity contribution is -0.117. The lowest BCUT2D eigenvalue weighted by Gasteiger charge is -2.10. The fourth-order valence-electron chi connectivity index (χ4n) is 3.12. The van der Waals surface area contributed by atoms with Crippen LogP contribution in [0, 0.1) is 26.7 Å². The van der Waals surface area contributed by atoms with Crippen LogP contribution >= 0.6 is 0 Å². The van der Waals surface area contributed by atoms with E-state index in [1.165, 1.54) is 24.0 Å². The van der Waals surface area contributed by atoms with E-state index in [0.717, 1.165) is 23.5 Å². The average molecular weight is 337 g/mol. The van der Waals surface area contributed by atoms with E-state index in [1.807, 2.05) is 17.7 Å². The van der Waals surface area contributed by atoms with Crippen LogP contribution in [0.2, 0.25) is 0 Å². The maximum absolute atomic E-state index is 12.1. The summed E-state index contributed by atoms with van der Waals surface area (Å²) in [6.07, 6.45) is 5.98. The highest BCUT2D eigenvalue weighted by atomic mass is 16.1. The molecule has 1 atom stereocenters. The Kier molecular flexibility index (Phi) is 5.07. The van der Waals surface area contributed by atoms with Crippen molar-refractivity contribution in [3.8, 4) is 0 Å². The van der Waals surface area contributed by atoms with Gasteiger partial charge in [-0.2, -0.15) is 5.10 Å². The third-order valence-corrected chi connectivity index (χ3v) is 4.99. The monoisotopic (exact) mass is 337 g/mol. The molecular weight excluding hydrogens is 310 g/mol. The molecule has 4 heteroatoms. The first kappa shape index (κ1) is 17.5. The molecule has 0 saturated heterocycles.